The molecule has 0 atom stereocenters. The number of carbonyl (C=O) groups is 2. The van der Waals surface area contributed by atoms with Crippen LogP contribution >= 0.6 is 31.9 Å². The summed E-state index contributed by atoms with van der Waals surface area (Å²) in [7, 11) is 0. The third kappa shape index (κ3) is 1.74. The van der Waals surface area contributed by atoms with Crippen LogP contribution in [0.3, 0.4) is 0 Å². The topological polar surface area (TPSA) is 37.4 Å². The molecule has 0 N–H and O–H groups in total. The molecule has 0 aliphatic carbocycles. The first-order valence-corrected chi connectivity index (χ1v) is 6.46. The van der Waals surface area contributed by atoms with E-state index in [0.29, 0.717) is 21.1 Å². The monoisotopic (exact) mass is 343 g/mol. The highest BCUT2D eigenvalue weighted by Crippen LogP contribution is 2.30. The average Bonchev–Trinajstić information content (AvgIpc) is 2.51. The molecule has 0 spiro atoms. The van der Waals surface area contributed by atoms with E-state index in [-0.39, 0.29) is 11.8 Å². The van der Waals surface area contributed by atoms with Gasteiger partial charge in [0.05, 0.1) is 10.2 Å². The number of alkyl halides is 1. The summed E-state index contributed by atoms with van der Waals surface area (Å²) in [5.74, 6) is -0.592. The molecule has 3 nitrogen and oxygen atoms in total. The van der Waals surface area contributed by atoms with Gasteiger partial charge in [-0.25, -0.2) is 4.90 Å². The lowest BCUT2D eigenvalue weighted by molar-refractivity contribution is -0.120. The van der Waals surface area contributed by atoms with Gasteiger partial charge in [-0.05, 0) is 28.1 Å². The zero-order valence-electron chi connectivity index (χ0n) is 8.11. The van der Waals surface area contributed by atoms with E-state index in [4.69, 9.17) is 0 Å². The van der Waals surface area contributed by atoms with Crippen LogP contribution in [0.5, 0.6) is 0 Å². The Labute approximate surface area is 109 Å². The molecule has 1 heterocycles. The van der Waals surface area contributed by atoms with Crippen LogP contribution in [-0.2, 0) is 9.59 Å². The number of amides is 2. The van der Waals surface area contributed by atoms with Gasteiger partial charge in [0.15, 0.2) is 0 Å². The summed E-state index contributed by atoms with van der Waals surface area (Å²) in [4.78, 5) is 25.0. The molecular formula is C11H7Br2NO2. The Hall–Kier alpha value is -0.940. The zero-order valence-corrected chi connectivity index (χ0v) is 11.3. The van der Waals surface area contributed by atoms with Gasteiger partial charge < -0.3 is 0 Å². The third-order valence-corrected chi connectivity index (χ3v) is 3.64. The summed E-state index contributed by atoms with van der Waals surface area (Å²) in [6.07, 6.45) is 0. The number of anilines is 1. The van der Waals surface area contributed by atoms with Gasteiger partial charge in [0.25, 0.3) is 11.8 Å². The van der Waals surface area contributed by atoms with Gasteiger partial charge in [-0.15, -0.1) is 0 Å². The molecule has 2 amide bonds. The van der Waals surface area contributed by atoms with Gasteiger partial charge in [0.2, 0.25) is 0 Å². The first-order chi connectivity index (χ1) is 7.66. The van der Waals surface area contributed by atoms with Crippen LogP contribution in [0, 0.1) is 0 Å². The minimum atomic E-state index is -0.314. The van der Waals surface area contributed by atoms with Crippen molar-refractivity contribution in [1.29, 1.82) is 0 Å². The first-order valence-electron chi connectivity index (χ1n) is 4.55. The lowest BCUT2D eigenvalue weighted by atomic mass is 10.3. The Morgan fingerprint density at radius 2 is 1.69 bits per heavy atom. The summed E-state index contributed by atoms with van der Waals surface area (Å²) in [5, 5.41) is 0.363. The smallest absolute Gasteiger partial charge is 0.268 e. The minimum absolute atomic E-state index is 0.278. The summed E-state index contributed by atoms with van der Waals surface area (Å²) in [6.45, 7) is 0. The predicted molar refractivity (Wildman–Crippen MR) is 68.7 cm³/mol. The van der Waals surface area contributed by atoms with Crippen molar-refractivity contribution in [2.45, 2.75) is 0 Å². The van der Waals surface area contributed by atoms with Crippen molar-refractivity contribution in [3.05, 3.63) is 40.4 Å². The number of hydrogen-bond donors (Lipinski definition) is 0. The number of rotatable bonds is 2. The van der Waals surface area contributed by atoms with Crippen LogP contribution in [0.4, 0.5) is 5.69 Å². The molecule has 1 aliphatic rings. The van der Waals surface area contributed by atoms with E-state index < -0.39 is 0 Å². The second-order valence-electron chi connectivity index (χ2n) is 3.21. The molecule has 1 aliphatic heterocycles. The quantitative estimate of drug-likeness (QED) is 0.611. The Bertz CT molecular complexity index is 482. The highest BCUT2D eigenvalue weighted by Gasteiger charge is 2.37. The molecule has 82 valence electrons. The van der Waals surface area contributed by atoms with E-state index in [1.165, 1.54) is 4.90 Å². The van der Waals surface area contributed by atoms with Gasteiger partial charge in [-0.1, -0.05) is 34.1 Å². The standard InChI is InChI=1S/C11H7Br2NO2/c12-6-8-9(13)11(16)14(10(8)15)7-4-2-1-3-5-7/h1-5H,6H2. The van der Waals surface area contributed by atoms with Crippen LogP contribution in [0.15, 0.2) is 40.4 Å². The lowest BCUT2D eigenvalue weighted by Crippen LogP contribution is -2.31. The summed E-state index contributed by atoms with van der Waals surface area (Å²) >= 11 is 6.34. The van der Waals surface area contributed by atoms with Gasteiger partial charge >= 0.3 is 0 Å². The number of carbonyl (C=O) groups excluding carboxylic acids is 2. The first kappa shape index (κ1) is 11.5. The van der Waals surface area contributed by atoms with Crippen molar-refractivity contribution < 1.29 is 9.59 Å². The normalized spacial score (nSPS) is 16.2. The Morgan fingerprint density at radius 1 is 1.06 bits per heavy atom. The van der Waals surface area contributed by atoms with Gasteiger partial charge in [0, 0.05) is 10.9 Å². The van der Waals surface area contributed by atoms with E-state index in [1.54, 1.807) is 24.3 Å². The van der Waals surface area contributed by atoms with Crippen LogP contribution in [0.2, 0.25) is 0 Å². The molecule has 0 radical (unpaired) electrons. The van der Waals surface area contributed by atoms with E-state index >= 15 is 0 Å². The molecule has 5 heteroatoms. The molecule has 0 aromatic heterocycles. The number of benzene rings is 1. The Kier molecular flexibility index (Phi) is 3.25. The summed E-state index contributed by atoms with van der Waals surface area (Å²) in [6, 6.07) is 8.87. The van der Waals surface area contributed by atoms with Crippen molar-refractivity contribution in [3.63, 3.8) is 0 Å². The number of nitrogens with zero attached hydrogens (tertiary/aromatic N) is 1. The fourth-order valence-electron chi connectivity index (χ4n) is 1.48. The van der Waals surface area contributed by atoms with Crippen LogP contribution < -0.4 is 4.90 Å². The number of imide groups is 1. The minimum Gasteiger partial charge on any atom is -0.268 e. The van der Waals surface area contributed by atoms with E-state index in [9.17, 15) is 9.59 Å². The maximum atomic E-state index is 11.9. The van der Waals surface area contributed by atoms with Crippen molar-refractivity contribution >= 4 is 49.4 Å². The summed E-state index contributed by atoms with van der Waals surface area (Å²) < 4.78 is 0.332. The molecular weight excluding hydrogens is 338 g/mol. The Balaban J connectivity index is 2.42. The van der Waals surface area contributed by atoms with E-state index in [2.05, 4.69) is 31.9 Å². The second-order valence-corrected chi connectivity index (χ2v) is 4.56. The molecule has 2 rings (SSSR count). The number of halogens is 2. The predicted octanol–water partition coefficient (Wildman–Crippen LogP) is 2.60. The third-order valence-electron chi connectivity index (χ3n) is 2.27. The fourth-order valence-corrected chi connectivity index (χ4v) is 2.86. The molecule has 1 aromatic rings. The van der Waals surface area contributed by atoms with E-state index in [0.717, 1.165) is 0 Å². The molecule has 0 unspecified atom stereocenters. The highest BCUT2D eigenvalue weighted by molar-refractivity contribution is 9.12. The molecule has 0 fully saturated rings. The lowest BCUT2D eigenvalue weighted by Gasteiger charge is -2.14. The van der Waals surface area contributed by atoms with Gasteiger partial charge in [-0.3, -0.25) is 9.59 Å². The number of para-hydroxylation sites is 1. The SMILES string of the molecule is O=C1C(Br)=C(CBr)C(=O)N1c1ccccc1. The number of hydrogen-bond acceptors (Lipinski definition) is 2. The molecule has 0 saturated carbocycles. The molecule has 0 bridgehead atoms. The molecule has 16 heavy (non-hydrogen) atoms. The van der Waals surface area contributed by atoms with Crippen molar-refractivity contribution in [2.24, 2.45) is 0 Å². The van der Waals surface area contributed by atoms with Crippen molar-refractivity contribution in [2.75, 3.05) is 10.2 Å². The fraction of sp³-hybridized carbons (Fsp3) is 0.0909. The van der Waals surface area contributed by atoms with E-state index in [1.807, 2.05) is 6.07 Å². The van der Waals surface area contributed by atoms with Gasteiger partial charge in [-0.2, -0.15) is 0 Å². The molecule has 1 aromatic carbocycles. The Morgan fingerprint density at radius 3 is 2.19 bits per heavy atom. The van der Waals surface area contributed by atoms with Crippen molar-refractivity contribution in [1.82, 2.24) is 0 Å². The highest BCUT2D eigenvalue weighted by atomic mass is 79.9. The molecule has 0 saturated heterocycles. The summed E-state index contributed by atoms with van der Waals surface area (Å²) in [5.41, 5.74) is 1.04. The zero-order chi connectivity index (χ0) is 11.7. The average molecular weight is 345 g/mol. The largest absolute Gasteiger partial charge is 0.272 e. The van der Waals surface area contributed by atoms with Crippen LogP contribution in [-0.4, -0.2) is 17.1 Å². The van der Waals surface area contributed by atoms with Crippen LogP contribution in [0.25, 0.3) is 0 Å². The van der Waals surface area contributed by atoms with Gasteiger partial charge in [0.1, 0.15) is 0 Å². The van der Waals surface area contributed by atoms with Crippen molar-refractivity contribution in [3.8, 4) is 0 Å². The maximum absolute atomic E-state index is 11.9. The second kappa shape index (κ2) is 4.51. The maximum Gasteiger partial charge on any atom is 0.272 e. The van der Waals surface area contributed by atoms with Crippen LogP contribution in [0.1, 0.15) is 0 Å².